The van der Waals surface area contributed by atoms with E-state index in [4.69, 9.17) is 5.11 Å². The van der Waals surface area contributed by atoms with E-state index < -0.39 is 5.97 Å². The van der Waals surface area contributed by atoms with Crippen LogP contribution in [0.5, 0.6) is 0 Å². The maximum absolute atomic E-state index is 11.8. The maximum Gasteiger partial charge on any atom is 0.304 e. The topological polar surface area (TPSA) is 69.6 Å². The van der Waals surface area contributed by atoms with Crippen molar-refractivity contribution in [1.29, 1.82) is 0 Å². The molecule has 1 aliphatic rings. The van der Waals surface area contributed by atoms with Gasteiger partial charge in [0.25, 0.3) is 0 Å². The molecule has 96 valence electrons. The van der Waals surface area contributed by atoms with E-state index in [-0.39, 0.29) is 18.4 Å². The van der Waals surface area contributed by atoms with Crippen LogP contribution in [0.25, 0.3) is 0 Å². The number of nitrogens with one attached hydrogen (secondary N) is 1. The lowest BCUT2D eigenvalue weighted by atomic mass is 10.2. The van der Waals surface area contributed by atoms with Crippen LogP contribution in [0, 0.1) is 0 Å². The second-order valence-corrected chi connectivity index (χ2v) is 4.32. The number of rotatable bonds is 8. The van der Waals surface area contributed by atoms with Gasteiger partial charge < -0.3 is 10.4 Å². The fraction of sp³-hybridized carbons (Fsp3) is 0.667. The first-order valence-electron chi connectivity index (χ1n) is 5.92. The highest BCUT2D eigenvalue weighted by molar-refractivity contribution is 5.81. The van der Waals surface area contributed by atoms with Crippen molar-refractivity contribution in [2.45, 2.75) is 38.3 Å². The predicted molar refractivity (Wildman–Crippen MR) is 64.6 cm³/mol. The lowest BCUT2D eigenvalue weighted by molar-refractivity contribution is -0.138. The molecule has 1 saturated carbocycles. The van der Waals surface area contributed by atoms with Gasteiger partial charge in [0.05, 0.1) is 12.5 Å². The van der Waals surface area contributed by atoms with Gasteiger partial charge >= 0.3 is 5.97 Å². The molecule has 1 amide bonds. The molecule has 0 aliphatic heterocycles. The monoisotopic (exact) mass is 240 g/mol. The first-order valence-corrected chi connectivity index (χ1v) is 5.92. The number of hydrogen-bond donors (Lipinski definition) is 2. The highest BCUT2D eigenvalue weighted by Gasteiger charge is 2.34. The summed E-state index contributed by atoms with van der Waals surface area (Å²) in [7, 11) is 0. The summed E-state index contributed by atoms with van der Waals surface area (Å²) in [4.78, 5) is 24.3. The van der Waals surface area contributed by atoms with Crippen LogP contribution in [0.4, 0.5) is 0 Å². The van der Waals surface area contributed by atoms with Gasteiger partial charge in [0.2, 0.25) is 5.91 Å². The van der Waals surface area contributed by atoms with Crippen molar-refractivity contribution >= 4 is 11.9 Å². The summed E-state index contributed by atoms with van der Waals surface area (Å²) in [5.41, 5.74) is 0. The van der Waals surface area contributed by atoms with Crippen LogP contribution in [0.2, 0.25) is 0 Å². The van der Waals surface area contributed by atoms with Crippen molar-refractivity contribution in [2.75, 3.05) is 13.1 Å². The fourth-order valence-electron chi connectivity index (χ4n) is 1.79. The standard InChI is InChI=1S/C12H20N2O3/c1-3-7-13-12(17)9(2)14(10-4-5-10)8-6-11(15)16/h3,9-10H,1,4-8H2,2H3,(H,13,17)(H,15,16). The zero-order valence-electron chi connectivity index (χ0n) is 10.2. The first kappa shape index (κ1) is 13.7. The number of amides is 1. The Bertz CT molecular complexity index is 300. The van der Waals surface area contributed by atoms with Gasteiger partial charge in [0.1, 0.15) is 0 Å². The quantitative estimate of drug-likeness (QED) is 0.610. The molecule has 0 radical (unpaired) electrons. The van der Waals surface area contributed by atoms with Crippen LogP contribution >= 0.6 is 0 Å². The lowest BCUT2D eigenvalue weighted by Gasteiger charge is -2.27. The normalized spacial score (nSPS) is 16.6. The van der Waals surface area contributed by atoms with E-state index in [1.54, 1.807) is 6.08 Å². The largest absolute Gasteiger partial charge is 0.481 e. The van der Waals surface area contributed by atoms with Crippen LogP contribution in [-0.2, 0) is 9.59 Å². The van der Waals surface area contributed by atoms with Gasteiger partial charge in [-0.3, -0.25) is 14.5 Å². The number of hydrogen-bond acceptors (Lipinski definition) is 3. The smallest absolute Gasteiger partial charge is 0.304 e. The third-order valence-corrected chi connectivity index (χ3v) is 2.90. The molecule has 5 nitrogen and oxygen atoms in total. The molecule has 0 saturated heterocycles. The van der Waals surface area contributed by atoms with Gasteiger partial charge in [-0.25, -0.2) is 0 Å². The molecule has 1 aliphatic carbocycles. The Balaban J connectivity index is 2.47. The summed E-state index contributed by atoms with van der Waals surface area (Å²) in [5, 5.41) is 11.4. The molecule has 0 spiro atoms. The summed E-state index contributed by atoms with van der Waals surface area (Å²) in [6.07, 6.45) is 3.82. The third kappa shape index (κ3) is 4.56. The van der Waals surface area contributed by atoms with E-state index in [2.05, 4.69) is 11.9 Å². The molecule has 1 atom stereocenters. The van der Waals surface area contributed by atoms with Crippen LogP contribution in [0.1, 0.15) is 26.2 Å². The number of carbonyl (C=O) groups is 2. The molecule has 17 heavy (non-hydrogen) atoms. The van der Waals surface area contributed by atoms with Crippen molar-refractivity contribution in [3.05, 3.63) is 12.7 Å². The number of carboxylic acid groups (broad SMARTS) is 1. The Labute approximate surface area is 101 Å². The lowest BCUT2D eigenvalue weighted by Crippen LogP contribution is -2.47. The second kappa shape index (κ2) is 6.39. The number of aliphatic carboxylic acids is 1. The Morgan fingerprint density at radius 2 is 2.24 bits per heavy atom. The van der Waals surface area contributed by atoms with E-state index >= 15 is 0 Å². The molecule has 0 bridgehead atoms. The predicted octanol–water partition coefficient (Wildman–Crippen LogP) is 0.616. The molecule has 2 N–H and O–H groups in total. The minimum Gasteiger partial charge on any atom is -0.481 e. The van der Waals surface area contributed by atoms with Crippen molar-refractivity contribution in [3.63, 3.8) is 0 Å². The van der Waals surface area contributed by atoms with Gasteiger partial charge in [-0.05, 0) is 19.8 Å². The van der Waals surface area contributed by atoms with Crippen molar-refractivity contribution in [2.24, 2.45) is 0 Å². The Morgan fingerprint density at radius 3 is 2.71 bits per heavy atom. The zero-order valence-corrected chi connectivity index (χ0v) is 10.2. The Hall–Kier alpha value is -1.36. The highest BCUT2D eigenvalue weighted by Crippen LogP contribution is 2.28. The van der Waals surface area contributed by atoms with E-state index in [0.29, 0.717) is 19.1 Å². The summed E-state index contributed by atoms with van der Waals surface area (Å²) in [6.45, 7) is 6.23. The third-order valence-electron chi connectivity index (χ3n) is 2.90. The van der Waals surface area contributed by atoms with Gasteiger partial charge in [-0.1, -0.05) is 6.08 Å². The first-order chi connectivity index (χ1) is 8.06. The van der Waals surface area contributed by atoms with Crippen LogP contribution in [0.3, 0.4) is 0 Å². The summed E-state index contributed by atoms with van der Waals surface area (Å²) in [5.74, 6) is -0.892. The van der Waals surface area contributed by atoms with Crippen molar-refractivity contribution in [1.82, 2.24) is 10.2 Å². The van der Waals surface area contributed by atoms with Gasteiger partial charge in [-0.2, -0.15) is 0 Å². The highest BCUT2D eigenvalue weighted by atomic mass is 16.4. The van der Waals surface area contributed by atoms with E-state index in [9.17, 15) is 9.59 Å². The van der Waals surface area contributed by atoms with Crippen molar-refractivity contribution < 1.29 is 14.7 Å². The van der Waals surface area contributed by atoms with Gasteiger partial charge in [0.15, 0.2) is 0 Å². The minimum atomic E-state index is -0.825. The van der Waals surface area contributed by atoms with Gasteiger partial charge in [-0.15, -0.1) is 6.58 Å². The van der Waals surface area contributed by atoms with E-state index in [1.807, 2.05) is 11.8 Å². The molecule has 5 heteroatoms. The van der Waals surface area contributed by atoms with Gasteiger partial charge in [0, 0.05) is 19.1 Å². The van der Waals surface area contributed by atoms with E-state index in [1.165, 1.54) is 0 Å². The molecule has 1 rings (SSSR count). The van der Waals surface area contributed by atoms with Crippen LogP contribution < -0.4 is 5.32 Å². The molecular weight excluding hydrogens is 220 g/mol. The summed E-state index contributed by atoms with van der Waals surface area (Å²) < 4.78 is 0. The molecule has 1 unspecified atom stereocenters. The zero-order chi connectivity index (χ0) is 12.8. The number of nitrogens with zero attached hydrogens (tertiary/aromatic N) is 1. The minimum absolute atomic E-state index is 0.0674. The van der Waals surface area contributed by atoms with Crippen molar-refractivity contribution in [3.8, 4) is 0 Å². The van der Waals surface area contributed by atoms with Crippen LogP contribution in [0.15, 0.2) is 12.7 Å². The summed E-state index contributed by atoms with van der Waals surface area (Å²) in [6, 6.07) is 0.0978. The second-order valence-electron chi connectivity index (χ2n) is 4.32. The molecule has 0 aromatic carbocycles. The molecule has 0 aromatic heterocycles. The number of carbonyl (C=O) groups excluding carboxylic acids is 1. The van der Waals surface area contributed by atoms with E-state index in [0.717, 1.165) is 12.8 Å². The molecule has 0 heterocycles. The number of carboxylic acids is 1. The molecule has 0 aromatic rings. The Kier molecular flexibility index (Phi) is 5.15. The Morgan fingerprint density at radius 1 is 1.59 bits per heavy atom. The molecular formula is C12H20N2O3. The van der Waals surface area contributed by atoms with Crippen LogP contribution in [-0.4, -0.2) is 47.1 Å². The molecule has 1 fully saturated rings. The summed E-state index contributed by atoms with van der Waals surface area (Å²) >= 11 is 0. The average Bonchev–Trinajstić information content (AvgIpc) is 3.09. The maximum atomic E-state index is 11.8. The fourth-order valence-corrected chi connectivity index (χ4v) is 1.79. The average molecular weight is 240 g/mol. The SMILES string of the molecule is C=CCNC(=O)C(C)N(CCC(=O)O)C1CC1.